The minimum atomic E-state index is -0.843. The number of amides is 1. The molecule has 0 aromatic heterocycles. The molecule has 0 saturated carbocycles. The van der Waals surface area contributed by atoms with Crippen molar-refractivity contribution in [1.29, 1.82) is 0 Å². The van der Waals surface area contributed by atoms with E-state index in [1.165, 1.54) is 6.07 Å². The fourth-order valence-corrected chi connectivity index (χ4v) is 2.67. The fraction of sp³-hybridized carbons (Fsp3) is 0.500. The molecule has 1 saturated heterocycles. The van der Waals surface area contributed by atoms with Crippen LogP contribution in [0.1, 0.15) is 23.2 Å². The molecular weight excluding hydrogens is 277 g/mol. The third kappa shape index (κ3) is 3.55. The third-order valence-corrected chi connectivity index (χ3v) is 3.69. The molecule has 21 heavy (non-hydrogen) atoms. The summed E-state index contributed by atoms with van der Waals surface area (Å²) in [6, 6.07) is 3.14. The van der Waals surface area contributed by atoms with Crippen LogP contribution in [0.25, 0.3) is 0 Å². The van der Waals surface area contributed by atoms with Gasteiger partial charge in [0.25, 0.3) is 11.6 Å². The number of nitrogens with one attached hydrogen (secondary N) is 1. The smallest absolute Gasteiger partial charge is 0.272 e. The highest BCUT2D eigenvalue weighted by Crippen LogP contribution is 2.21. The molecule has 0 aliphatic carbocycles. The summed E-state index contributed by atoms with van der Waals surface area (Å²) in [5.41, 5.74) is -0.457. The molecule has 2 rings (SSSR count). The van der Waals surface area contributed by atoms with Gasteiger partial charge in [-0.15, -0.1) is 0 Å². The van der Waals surface area contributed by atoms with E-state index < -0.39 is 16.6 Å². The first-order valence-corrected chi connectivity index (χ1v) is 6.90. The van der Waals surface area contributed by atoms with Crippen LogP contribution in [-0.4, -0.2) is 42.4 Å². The minimum absolute atomic E-state index is 0.106. The maximum absolute atomic E-state index is 13.9. The number of non-ortho nitro benzene ring substituents is 1. The van der Waals surface area contributed by atoms with Gasteiger partial charge < -0.3 is 10.2 Å². The van der Waals surface area contributed by atoms with Gasteiger partial charge in [-0.2, -0.15) is 0 Å². The number of likely N-dealkylation sites (tertiary alicyclic amines) is 1. The van der Waals surface area contributed by atoms with Crippen molar-refractivity contribution < 1.29 is 14.1 Å². The second-order valence-corrected chi connectivity index (χ2v) is 5.24. The van der Waals surface area contributed by atoms with Crippen LogP contribution in [0.5, 0.6) is 0 Å². The van der Waals surface area contributed by atoms with E-state index >= 15 is 0 Å². The molecule has 1 aromatic rings. The summed E-state index contributed by atoms with van der Waals surface area (Å²) in [6.07, 6.45) is 1.92. The summed E-state index contributed by atoms with van der Waals surface area (Å²) in [6.45, 7) is 1.98. The molecule has 1 N–H and O–H groups in total. The number of nitro benzene ring substituents is 1. The van der Waals surface area contributed by atoms with E-state index in [0.29, 0.717) is 19.0 Å². The van der Waals surface area contributed by atoms with Crippen molar-refractivity contribution in [3.05, 3.63) is 39.7 Å². The standard InChI is InChI=1S/C14H18FN3O3/c1-16-8-10-3-2-6-17(9-10)14(19)12-5-4-11(18(20)21)7-13(12)15/h4-5,7,10,16H,2-3,6,8-9H2,1H3. The van der Waals surface area contributed by atoms with Gasteiger partial charge in [0, 0.05) is 19.2 Å². The van der Waals surface area contributed by atoms with Crippen molar-refractivity contribution in [3.63, 3.8) is 0 Å². The molecule has 0 bridgehead atoms. The molecular formula is C14H18FN3O3. The molecule has 1 unspecified atom stereocenters. The molecule has 1 amide bonds. The van der Waals surface area contributed by atoms with E-state index in [1.807, 2.05) is 7.05 Å². The number of carbonyl (C=O) groups is 1. The molecule has 1 aromatic carbocycles. The van der Waals surface area contributed by atoms with Crippen molar-refractivity contribution in [2.75, 3.05) is 26.7 Å². The number of rotatable bonds is 4. The van der Waals surface area contributed by atoms with Crippen molar-refractivity contribution in [3.8, 4) is 0 Å². The predicted octanol–water partition coefficient (Wildman–Crippen LogP) is 1.81. The van der Waals surface area contributed by atoms with E-state index in [0.717, 1.165) is 31.5 Å². The largest absolute Gasteiger partial charge is 0.338 e. The summed E-state index contributed by atoms with van der Waals surface area (Å²) in [5.74, 6) is -0.887. The second kappa shape index (κ2) is 6.62. The molecule has 1 aliphatic rings. The Bertz CT molecular complexity index is 548. The van der Waals surface area contributed by atoms with Gasteiger partial charge in [0.15, 0.2) is 0 Å². The SMILES string of the molecule is CNCC1CCCN(C(=O)c2ccc([N+](=O)[O-])cc2F)C1. The molecule has 0 radical (unpaired) electrons. The second-order valence-electron chi connectivity index (χ2n) is 5.24. The number of halogens is 1. The zero-order valence-corrected chi connectivity index (χ0v) is 11.8. The Balaban J connectivity index is 2.14. The molecule has 1 atom stereocenters. The zero-order valence-electron chi connectivity index (χ0n) is 11.8. The van der Waals surface area contributed by atoms with E-state index in [-0.39, 0.29) is 11.3 Å². The lowest BCUT2D eigenvalue weighted by molar-refractivity contribution is -0.385. The van der Waals surface area contributed by atoms with Crippen molar-refractivity contribution >= 4 is 11.6 Å². The first kappa shape index (κ1) is 15.4. The number of piperidine rings is 1. The molecule has 1 fully saturated rings. The van der Waals surface area contributed by atoms with E-state index in [9.17, 15) is 19.3 Å². The summed E-state index contributed by atoms with van der Waals surface area (Å²) in [7, 11) is 1.86. The number of benzene rings is 1. The molecule has 6 nitrogen and oxygen atoms in total. The van der Waals surface area contributed by atoms with Gasteiger partial charge in [0.05, 0.1) is 16.6 Å². The average molecular weight is 295 g/mol. The van der Waals surface area contributed by atoms with E-state index in [2.05, 4.69) is 5.32 Å². The number of hydrogen-bond acceptors (Lipinski definition) is 4. The van der Waals surface area contributed by atoms with Crippen molar-refractivity contribution in [2.45, 2.75) is 12.8 Å². The van der Waals surface area contributed by atoms with Crippen LogP contribution in [0, 0.1) is 21.8 Å². The highest BCUT2D eigenvalue weighted by Gasteiger charge is 2.26. The van der Waals surface area contributed by atoms with E-state index in [1.54, 1.807) is 4.90 Å². The summed E-state index contributed by atoms with van der Waals surface area (Å²) < 4.78 is 13.9. The van der Waals surface area contributed by atoms with Crippen LogP contribution in [0.4, 0.5) is 10.1 Å². The molecule has 1 aliphatic heterocycles. The maximum Gasteiger partial charge on any atom is 0.272 e. The monoisotopic (exact) mass is 295 g/mol. The Kier molecular flexibility index (Phi) is 4.85. The van der Waals surface area contributed by atoms with Crippen molar-refractivity contribution in [2.24, 2.45) is 5.92 Å². The van der Waals surface area contributed by atoms with Gasteiger partial charge in [-0.25, -0.2) is 4.39 Å². The van der Waals surface area contributed by atoms with Gasteiger partial charge in [-0.05, 0) is 38.4 Å². The van der Waals surface area contributed by atoms with Gasteiger partial charge in [-0.3, -0.25) is 14.9 Å². The van der Waals surface area contributed by atoms with Crippen LogP contribution in [0.2, 0.25) is 0 Å². The van der Waals surface area contributed by atoms with Crippen LogP contribution in [0.15, 0.2) is 18.2 Å². The lowest BCUT2D eigenvalue weighted by Gasteiger charge is -2.32. The fourth-order valence-electron chi connectivity index (χ4n) is 2.67. The Labute approximate surface area is 122 Å². The highest BCUT2D eigenvalue weighted by atomic mass is 19.1. The predicted molar refractivity (Wildman–Crippen MR) is 75.6 cm³/mol. The Morgan fingerprint density at radius 2 is 2.33 bits per heavy atom. The highest BCUT2D eigenvalue weighted by molar-refractivity contribution is 5.94. The van der Waals surface area contributed by atoms with Gasteiger partial charge in [0.1, 0.15) is 5.82 Å². The lowest BCUT2D eigenvalue weighted by atomic mass is 9.97. The Morgan fingerprint density at radius 3 is 2.95 bits per heavy atom. The van der Waals surface area contributed by atoms with Crippen LogP contribution >= 0.6 is 0 Å². The summed E-state index contributed by atoms with van der Waals surface area (Å²) >= 11 is 0. The molecule has 114 valence electrons. The van der Waals surface area contributed by atoms with E-state index in [4.69, 9.17) is 0 Å². The van der Waals surface area contributed by atoms with Crippen LogP contribution < -0.4 is 5.32 Å². The Hall–Kier alpha value is -2.02. The topological polar surface area (TPSA) is 75.5 Å². The zero-order chi connectivity index (χ0) is 15.4. The number of carbonyl (C=O) groups excluding carboxylic acids is 1. The third-order valence-electron chi connectivity index (χ3n) is 3.69. The summed E-state index contributed by atoms with van der Waals surface area (Å²) in [4.78, 5) is 23.9. The minimum Gasteiger partial charge on any atom is -0.338 e. The van der Waals surface area contributed by atoms with Gasteiger partial charge in [-0.1, -0.05) is 0 Å². The van der Waals surface area contributed by atoms with Crippen LogP contribution in [-0.2, 0) is 0 Å². The summed E-state index contributed by atoms with van der Waals surface area (Å²) in [5, 5.41) is 13.7. The molecule has 0 spiro atoms. The lowest BCUT2D eigenvalue weighted by Crippen LogP contribution is -2.42. The maximum atomic E-state index is 13.9. The first-order chi connectivity index (χ1) is 10.0. The van der Waals surface area contributed by atoms with Gasteiger partial charge >= 0.3 is 0 Å². The van der Waals surface area contributed by atoms with Crippen LogP contribution in [0.3, 0.4) is 0 Å². The first-order valence-electron chi connectivity index (χ1n) is 6.90. The molecule has 7 heteroatoms. The normalized spacial score (nSPS) is 18.6. The number of hydrogen-bond donors (Lipinski definition) is 1. The van der Waals surface area contributed by atoms with Crippen molar-refractivity contribution in [1.82, 2.24) is 10.2 Å². The quantitative estimate of drug-likeness (QED) is 0.679. The van der Waals surface area contributed by atoms with Gasteiger partial charge in [0.2, 0.25) is 0 Å². The molecule has 1 heterocycles. The number of nitrogens with zero attached hydrogens (tertiary/aromatic N) is 2. The Morgan fingerprint density at radius 1 is 1.57 bits per heavy atom. The number of nitro groups is 1. The average Bonchev–Trinajstić information content (AvgIpc) is 2.47.